The summed E-state index contributed by atoms with van der Waals surface area (Å²) in [6, 6.07) is 8.98. The summed E-state index contributed by atoms with van der Waals surface area (Å²) in [5.41, 5.74) is -0.310. The minimum absolute atomic E-state index is 0.0188. The number of hydrogen-bond acceptors (Lipinski definition) is 4. The van der Waals surface area contributed by atoms with Gasteiger partial charge in [-0.3, -0.25) is 0 Å². The van der Waals surface area contributed by atoms with Gasteiger partial charge in [0.1, 0.15) is 0 Å². The van der Waals surface area contributed by atoms with Crippen molar-refractivity contribution in [3.8, 4) is 5.88 Å². The Bertz CT molecular complexity index is 652. The molecule has 0 aliphatic heterocycles. The molecular formula is C16H19NO4. The molecule has 0 saturated carbocycles. The third-order valence-electron chi connectivity index (χ3n) is 3.42. The van der Waals surface area contributed by atoms with Gasteiger partial charge in [-0.25, -0.2) is 9.78 Å². The first-order valence-electron chi connectivity index (χ1n) is 6.74. The molecule has 0 aliphatic rings. The van der Waals surface area contributed by atoms with E-state index in [1.54, 1.807) is 13.2 Å². The van der Waals surface area contributed by atoms with Crippen LogP contribution in [-0.4, -0.2) is 35.4 Å². The molecule has 5 nitrogen and oxygen atoms in total. The zero-order chi connectivity index (χ0) is 15.5. The average molecular weight is 289 g/mol. The van der Waals surface area contributed by atoms with E-state index in [1.165, 1.54) is 0 Å². The number of carboxylic acids is 1. The predicted molar refractivity (Wildman–Crippen MR) is 79.9 cm³/mol. The lowest BCUT2D eigenvalue weighted by Crippen LogP contribution is -2.25. The Morgan fingerprint density at radius 2 is 2.05 bits per heavy atom. The lowest BCUT2D eigenvalue weighted by atomic mass is 10.1. The maximum atomic E-state index is 11.1. The molecule has 1 aromatic carbocycles. The second-order valence-electron chi connectivity index (χ2n) is 5.40. The Labute approximate surface area is 123 Å². The maximum absolute atomic E-state index is 11.1. The van der Waals surface area contributed by atoms with Crippen molar-refractivity contribution in [1.29, 1.82) is 0 Å². The predicted octanol–water partition coefficient (Wildman–Crippen LogP) is 3.13. The van der Waals surface area contributed by atoms with E-state index in [0.29, 0.717) is 18.9 Å². The summed E-state index contributed by atoms with van der Waals surface area (Å²) in [4.78, 5) is 15.2. The molecule has 0 fully saturated rings. The fourth-order valence-corrected chi connectivity index (χ4v) is 1.88. The van der Waals surface area contributed by atoms with E-state index < -0.39 is 5.97 Å². The summed E-state index contributed by atoms with van der Waals surface area (Å²) >= 11 is 0. The third kappa shape index (κ3) is 3.70. The zero-order valence-electron chi connectivity index (χ0n) is 12.4. The standard InChI is InChI=1S/C16H19NO4/c1-16(2,20-3)8-9-21-14-12-7-5-4-6-11(12)10-13(17-14)15(18)19/h4-7,10H,8-9H2,1-3H3,(H,18,19). The summed E-state index contributed by atoms with van der Waals surface area (Å²) in [5, 5.41) is 10.7. The quantitative estimate of drug-likeness (QED) is 0.884. The van der Waals surface area contributed by atoms with Crippen molar-refractivity contribution in [1.82, 2.24) is 4.98 Å². The average Bonchev–Trinajstić information content (AvgIpc) is 2.46. The SMILES string of the molecule is COC(C)(C)CCOc1nc(C(=O)O)cc2ccccc12. The Balaban J connectivity index is 2.27. The monoisotopic (exact) mass is 289 g/mol. The lowest BCUT2D eigenvalue weighted by molar-refractivity contribution is 0.00517. The largest absolute Gasteiger partial charge is 0.477 e. The van der Waals surface area contributed by atoms with Crippen LogP contribution < -0.4 is 4.74 Å². The Morgan fingerprint density at radius 3 is 2.71 bits per heavy atom. The highest BCUT2D eigenvalue weighted by molar-refractivity contribution is 5.94. The van der Waals surface area contributed by atoms with Gasteiger partial charge < -0.3 is 14.6 Å². The molecule has 0 bridgehead atoms. The molecule has 112 valence electrons. The lowest BCUT2D eigenvalue weighted by Gasteiger charge is -2.22. The molecule has 2 rings (SSSR count). The third-order valence-corrected chi connectivity index (χ3v) is 3.42. The zero-order valence-corrected chi connectivity index (χ0v) is 12.4. The Hall–Kier alpha value is -2.14. The number of carboxylic acid groups (broad SMARTS) is 1. The van der Waals surface area contributed by atoms with Crippen molar-refractivity contribution in [3.05, 3.63) is 36.0 Å². The molecule has 21 heavy (non-hydrogen) atoms. The van der Waals surface area contributed by atoms with Gasteiger partial charge in [-0.05, 0) is 31.4 Å². The van der Waals surface area contributed by atoms with E-state index in [2.05, 4.69) is 4.98 Å². The molecule has 0 unspecified atom stereocenters. The van der Waals surface area contributed by atoms with Gasteiger partial charge in [0.2, 0.25) is 5.88 Å². The van der Waals surface area contributed by atoms with Crippen LogP contribution in [-0.2, 0) is 4.74 Å². The van der Waals surface area contributed by atoms with E-state index in [4.69, 9.17) is 14.6 Å². The number of aromatic nitrogens is 1. The minimum Gasteiger partial charge on any atom is -0.477 e. The van der Waals surface area contributed by atoms with E-state index in [9.17, 15) is 4.79 Å². The minimum atomic E-state index is -1.07. The van der Waals surface area contributed by atoms with Crippen LogP contribution in [0.25, 0.3) is 10.8 Å². The van der Waals surface area contributed by atoms with Crippen LogP contribution in [0, 0.1) is 0 Å². The molecule has 0 spiro atoms. The van der Waals surface area contributed by atoms with Crippen LogP contribution in [0.15, 0.2) is 30.3 Å². The van der Waals surface area contributed by atoms with Gasteiger partial charge in [0.25, 0.3) is 0 Å². The first-order valence-corrected chi connectivity index (χ1v) is 6.74. The maximum Gasteiger partial charge on any atom is 0.354 e. The topological polar surface area (TPSA) is 68.7 Å². The second kappa shape index (κ2) is 6.10. The number of aromatic carboxylic acids is 1. The Kier molecular flexibility index (Phi) is 4.43. The molecule has 1 N–H and O–H groups in total. The van der Waals surface area contributed by atoms with Crippen molar-refractivity contribution in [2.24, 2.45) is 0 Å². The number of pyridine rings is 1. The van der Waals surface area contributed by atoms with E-state index in [-0.39, 0.29) is 11.3 Å². The van der Waals surface area contributed by atoms with E-state index in [1.807, 2.05) is 38.1 Å². The summed E-state index contributed by atoms with van der Waals surface area (Å²) in [6.07, 6.45) is 0.677. The number of fused-ring (bicyclic) bond motifs is 1. The van der Waals surface area contributed by atoms with Crippen LogP contribution in [0.1, 0.15) is 30.8 Å². The molecular weight excluding hydrogens is 270 g/mol. The molecule has 0 aliphatic carbocycles. The smallest absolute Gasteiger partial charge is 0.354 e. The van der Waals surface area contributed by atoms with Gasteiger partial charge in [-0.15, -0.1) is 0 Å². The van der Waals surface area contributed by atoms with Crippen LogP contribution in [0.5, 0.6) is 5.88 Å². The van der Waals surface area contributed by atoms with Crippen molar-refractivity contribution >= 4 is 16.7 Å². The highest BCUT2D eigenvalue weighted by Gasteiger charge is 2.17. The highest BCUT2D eigenvalue weighted by atomic mass is 16.5. The summed E-state index contributed by atoms with van der Waals surface area (Å²) in [6.45, 7) is 4.34. The van der Waals surface area contributed by atoms with Gasteiger partial charge >= 0.3 is 5.97 Å². The number of hydrogen-bond donors (Lipinski definition) is 1. The van der Waals surface area contributed by atoms with Gasteiger partial charge in [-0.2, -0.15) is 0 Å². The van der Waals surface area contributed by atoms with Crippen molar-refractivity contribution in [3.63, 3.8) is 0 Å². The fourth-order valence-electron chi connectivity index (χ4n) is 1.88. The van der Waals surface area contributed by atoms with Gasteiger partial charge in [0.15, 0.2) is 5.69 Å². The van der Waals surface area contributed by atoms with Gasteiger partial charge in [0.05, 0.1) is 12.2 Å². The highest BCUT2D eigenvalue weighted by Crippen LogP contribution is 2.25. The fraction of sp³-hybridized carbons (Fsp3) is 0.375. The molecule has 0 saturated heterocycles. The van der Waals surface area contributed by atoms with Crippen molar-refractivity contribution in [2.75, 3.05) is 13.7 Å². The van der Waals surface area contributed by atoms with Crippen LogP contribution in [0.3, 0.4) is 0 Å². The number of benzene rings is 1. The van der Waals surface area contributed by atoms with Gasteiger partial charge in [-0.1, -0.05) is 18.2 Å². The number of nitrogens with zero attached hydrogens (tertiary/aromatic N) is 1. The first kappa shape index (κ1) is 15.3. The molecule has 0 amide bonds. The molecule has 0 radical (unpaired) electrons. The summed E-state index contributed by atoms with van der Waals surface area (Å²) < 4.78 is 11.0. The molecule has 5 heteroatoms. The molecule has 1 aromatic heterocycles. The Morgan fingerprint density at radius 1 is 1.33 bits per heavy atom. The second-order valence-corrected chi connectivity index (χ2v) is 5.40. The van der Waals surface area contributed by atoms with Crippen molar-refractivity contribution < 1.29 is 19.4 Å². The van der Waals surface area contributed by atoms with E-state index >= 15 is 0 Å². The molecule has 2 aromatic rings. The number of ether oxygens (including phenoxy) is 2. The van der Waals surface area contributed by atoms with E-state index in [0.717, 1.165) is 10.8 Å². The van der Waals surface area contributed by atoms with Crippen LogP contribution >= 0.6 is 0 Å². The number of rotatable bonds is 6. The summed E-state index contributed by atoms with van der Waals surface area (Å²) in [7, 11) is 1.65. The number of methoxy groups -OCH3 is 1. The molecule has 1 heterocycles. The van der Waals surface area contributed by atoms with Crippen molar-refractivity contribution in [2.45, 2.75) is 25.9 Å². The van der Waals surface area contributed by atoms with Crippen LogP contribution in [0.4, 0.5) is 0 Å². The number of carbonyl (C=O) groups is 1. The van der Waals surface area contributed by atoms with Gasteiger partial charge in [0, 0.05) is 18.9 Å². The van der Waals surface area contributed by atoms with Crippen LogP contribution in [0.2, 0.25) is 0 Å². The normalized spacial score (nSPS) is 11.6. The molecule has 0 atom stereocenters. The first-order chi connectivity index (χ1) is 9.93. The summed E-state index contributed by atoms with van der Waals surface area (Å²) in [5.74, 6) is -0.722.